The molecule has 3 aliphatic heterocycles. The standard InChI is InChI=1S/C33H20N8.Cu/c1-34-27-21-12-4-5-13-22(21)29(36-27)38-31-25-16-8-9-17-26(25)33(40-31)41-32-24-15-7-6-14-23(24)30(39-32)37-28-20-11-3-2-10-19(20)18-35-28;/h2-18H,1H3;/q-2;+2/b37-28-;. The third-order valence-corrected chi connectivity index (χ3v) is 7.24. The van der Waals surface area contributed by atoms with Gasteiger partial charge in [0.1, 0.15) is 0 Å². The third kappa shape index (κ3) is 4.15. The molecular formula is C33H20CuN8. The van der Waals surface area contributed by atoms with Gasteiger partial charge in [-0.3, -0.25) is 4.99 Å². The van der Waals surface area contributed by atoms with Crippen molar-refractivity contribution < 1.29 is 17.1 Å². The van der Waals surface area contributed by atoms with Crippen molar-refractivity contribution in [1.29, 1.82) is 0 Å². The second-order valence-corrected chi connectivity index (χ2v) is 9.64. The van der Waals surface area contributed by atoms with Crippen molar-refractivity contribution >= 4 is 57.8 Å². The van der Waals surface area contributed by atoms with Crippen LogP contribution in [0.2, 0.25) is 0 Å². The summed E-state index contributed by atoms with van der Waals surface area (Å²) in [5.41, 5.74) is 5.70. The summed E-state index contributed by atoms with van der Waals surface area (Å²) in [5, 5.41) is 6.47. The molecule has 1 aromatic heterocycles. The zero-order chi connectivity index (χ0) is 27.3. The van der Waals surface area contributed by atoms with Crippen LogP contribution in [-0.2, 0) is 17.1 Å². The Morgan fingerprint density at radius 1 is 0.571 bits per heavy atom. The maximum atomic E-state index is 4.95. The molecule has 8 nitrogen and oxygen atoms in total. The van der Waals surface area contributed by atoms with Crippen molar-refractivity contribution in [3.05, 3.63) is 136 Å². The van der Waals surface area contributed by atoms with Gasteiger partial charge in [0.15, 0.2) is 0 Å². The van der Waals surface area contributed by atoms with Crippen molar-refractivity contribution in [2.24, 2.45) is 30.0 Å². The Balaban J connectivity index is 0.00000288. The van der Waals surface area contributed by atoms with E-state index >= 15 is 0 Å². The molecule has 0 fully saturated rings. The number of hydrogen-bond donors (Lipinski definition) is 0. The van der Waals surface area contributed by atoms with Gasteiger partial charge >= 0.3 is 17.1 Å². The molecule has 8 rings (SSSR count). The van der Waals surface area contributed by atoms with Gasteiger partial charge in [0, 0.05) is 51.8 Å². The zero-order valence-corrected chi connectivity index (χ0v) is 23.1. The van der Waals surface area contributed by atoms with Gasteiger partial charge in [0.2, 0.25) is 0 Å². The maximum absolute atomic E-state index is 4.95. The van der Waals surface area contributed by atoms with Gasteiger partial charge < -0.3 is 30.3 Å². The van der Waals surface area contributed by atoms with Crippen molar-refractivity contribution in [2.45, 2.75) is 0 Å². The van der Waals surface area contributed by atoms with Crippen LogP contribution in [0.25, 0.3) is 16.1 Å². The van der Waals surface area contributed by atoms with Crippen molar-refractivity contribution in [2.75, 3.05) is 7.05 Å². The molecule has 0 spiro atoms. The number of benzene rings is 4. The molecule has 9 heteroatoms. The molecule has 0 atom stereocenters. The van der Waals surface area contributed by atoms with Gasteiger partial charge in [-0.1, -0.05) is 97.1 Å². The second-order valence-electron chi connectivity index (χ2n) is 9.64. The van der Waals surface area contributed by atoms with E-state index in [4.69, 9.17) is 25.0 Å². The fourth-order valence-electron chi connectivity index (χ4n) is 5.28. The van der Waals surface area contributed by atoms with Crippen molar-refractivity contribution in [3.8, 4) is 0 Å². The number of aliphatic imine (C=N–C) groups is 6. The smallest absolute Gasteiger partial charge is 0.398 e. The Morgan fingerprint density at radius 3 is 1.86 bits per heavy atom. The first kappa shape index (κ1) is 25.7. The van der Waals surface area contributed by atoms with E-state index in [1.54, 1.807) is 7.05 Å². The Morgan fingerprint density at radius 2 is 1.14 bits per heavy atom. The van der Waals surface area contributed by atoms with Gasteiger partial charge in [0.05, 0.1) is 17.5 Å². The first-order valence-electron chi connectivity index (χ1n) is 13.2. The molecule has 203 valence electrons. The van der Waals surface area contributed by atoms with Gasteiger partial charge in [-0.15, -0.1) is 0 Å². The van der Waals surface area contributed by atoms with E-state index < -0.39 is 0 Å². The molecule has 3 aliphatic rings. The summed E-state index contributed by atoms with van der Waals surface area (Å²) in [7, 11) is 1.74. The van der Waals surface area contributed by atoms with E-state index in [0.717, 1.165) is 44.2 Å². The first-order valence-corrected chi connectivity index (χ1v) is 13.2. The van der Waals surface area contributed by atoms with Gasteiger partial charge in [-0.05, 0) is 28.9 Å². The average molecular weight is 592 g/mol. The summed E-state index contributed by atoms with van der Waals surface area (Å²) < 4.78 is 0. The number of aromatic nitrogens is 1. The minimum atomic E-state index is 0. The second kappa shape index (κ2) is 10.3. The van der Waals surface area contributed by atoms with E-state index in [1.165, 1.54) is 0 Å². The molecule has 4 heterocycles. The number of amidine groups is 5. The fraction of sp³-hybridized carbons (Fsp3) is 0.0303. The summed E-state index contributed by atoms with van der Waals surface area (Å²) in [4.78, 5) is 33.3. The molecule has 1 radical (unpaired) electrons. The number of nitrogens with zero attached hydrogens (tertiary/aromatic N) is 8. The molecule has 0 saturated carbocycles. The molecule has 0 aliphatic carbocycles. The third-order valence-electron chi connectivity index (χ3n) is 7.24. The topological polar surface area (TPSA) is 102 Å². The SMILES string of the molecule is CN=C1[N-]C(=NC2=N/C(=N\c3[n-]c(/N=C4\N=Cc5ccccc54)c4ccccc34)c3ccccc32)c2ccccc21.[Cu+2]. The fourth-order valence-corrected chi connectivity index (χ4v) is 5.28. The minimum absolute atomic E-state index is 0. The summed E-state index contributed by atoms with van der Waals surface area (Å²) in [6, 6.07) is 31.9. The van der Waals surface area contributed by atoms with E-state index in [-0.39, 0.29) is 17.1 Å². The molecule has 4 aromatic carbocycles. The van der Waals surface area contributed by atoms with Gasteiger partial charge in [-0.2, -0.15) is 0 Å². The molecule has 0 saturated heterocycles. The summed E-state index contributed by atoms with van der Waals surface area (Å²) in [5.74, 6) is 4.11. The molecule has 0 N–H and O–H groups in total. The maximum Gasteiger partial charge on any atom is 2.00 e. The van der Waals surface area contributed by atoms with E-state index in [1.807, 2.05) is 103 Å². The van der Waals surface area contributed by atoms with Crippen molar-refractivity contribution in [1.82, 2.24) is 4.98 Å². The van der Waals surface area contributed by atoms with Crippen LogP contribution in [0.5, 0.6) is 0 Å². The van der Waals surface area contributed by atoms with Crippen LogP contribution in [0.1, 0.15) is 33.4 Å². The summed E-state index contributed by atoms with van der Waals surface area (Å²) >= 11 is 0. The number of fused-ring (bicyclic) bond motifs is 4. The Hall–Kier alpha value is -5.24. The van der Waals surface area contributed by atoms with Crippen LogP contribution in [-0.4, -0.2) is 42.4 Å². The van der Waals surface area contributed by atoms with E-state index in [9.17, 15) is 0 Å². The van der Waals surface area contributed by atoms with Crippen LogP contribution in [0.15, 0.2) is 127 Å². The molecule has 0 unspecified atom stereocenters. The predicted octanol–water partition coefficient (Wildman–Crippen LogP) is 6.35. The van der Waals surface area contributed by atoms with E-state index in [0.29, 0.717) is 40.8 Å². The van der Waals surface area contributed by atoms with Crippen LogP contribution in [0, 0.1) is 0 Å². The van der Waals surface area contributed by atoms with Gasteiger partial charge in [-0.25, -0.2) is 4.99 Å². The van der Waals surface area contributed by atoms with Crippen LogP contribution in [0.4, 0.5) is 11.6 Å². The Labute approximate surface area is 252 Å². The predicted molar refractivity (Wildman–Crippen MR) is 165 cm³/mol. The summed E-state index contributed by atoms with van der Waals surface area (Å²) in [6.07, 6.45) is 1.83. The molecular weight excluding hydrogens is 572 g/mol. The molecule has 0 bridgehead atoms. The minimum Gasteiger partial charge on any atom is -0.398 e. The normalized spacial score (nSPS) is 18.4. The van der Waals surface area contributed by atoms with Crippen LogP contribution < -0.4 is 4.98 Å². The average Bonchev–Trinajstić information content (AvgIpc) is 3.78. The molecule has 5 aromatic rings. The Kier molecular flexibility index (Phi) is 6.31. The number of rotatable bonds is 2. The van der Waals surface area contributed by atoms with Crippen molar-refractivity contribution in [3.63, 3.8) is 0 Å². The first-order chi connectivity index (χ1) is 20.3. The zero-order valence-electron chi connectivity index (χ0n) is 22.2. The largest absolute Gasteiger partial charge is 2.00 e. The summed E-state index contributed by atoms with van der Waals surface area (Å²) in [6.45, 7) is 0. The van der Waals surface area contributed by atoms with Crippen LogP contribution >= 0.6 is 0 Å². The van der Waals surface area contributed by atoms with Gasteiger partial charge in [0.25, 0.3) is 0 Å². The number of hydrogen-bond acceptors (Lipinski definition) is 4. The Bertz CT molecular complexity index is 2090. The van der Waals surface area contributed by atoms with Crippen LogP contribution in [0.3, 0.4) is 0 Å². The monoisotopic (exact) mass is 591 g/mol. The molecule has 0 amide bonds. The quantitative estimate of drug-likeness (QED) is 0.219. The van der Waals surface area contributed by atoms with E-state index in [2.05, 4.69) is 15.3 Å². The molecule has 42 heavy (non-hydrogen) atoms.